The van der Waals surface area contributed by atoms with Crippen molar-refractivity contribution >= 4 is 22.8 Å². The van der Waals surface area contributed by atoms with E-state index in [0.29, 0.717) is 30.3 Å². The van der Waals surface area contributed by atoms with Gasteiger partial charge in [-0.3, -0.25) is 9.69 Å². The molecule has 0 spiro atoms. The van der Waals surface area contributed by atoms with Crippen LogP contribution in [0.15, 0.2) is 60.5 Å². The number of benzene rings is 3. The van der Waals surface area contributed by atoms with E-state index in [9.17, 15) is 9.18 Å². The summed E-state index contributed by atoms with van der Waals surface area (Å²) in [4.78, 5) is 15.6. The third-order valence-corrected chi connectivity index (χ3v) is 7.15. The van der Waals surface area contributed by atoms with Crippen molar-refractivity contribution in [1.29, 1.82) is 0 Å². The third kappa shape index (κ3) is 4.15. The summed E-state index contributed by atoms with van der Waals surface area (Å²) in [5.41, 5.74) is 5.36. The molecule has 2 aliphatic rings. The Morgan fingerprint density at radius 1 is 1.11 bits per heavy atom. The van der Waals surface area contributed by atoms with Crippen LogP contribution in [0.25, 0.3) is 17.0 Å². The van der Waals surface area contributed by atoms with Crippen LogP contribution in [0.4, 0.5) is 4.39 Å². The molecule has 6 rings (SSSR count). The lowest BCUT2D eigenvalue weighted by atomic mass is 9.99. The number of halogens is 1. The molecule has 3 heterocycles. The molecule has 188 valence electrons. The molecule has 0 radical (unpaired) electrons. The summed E-state index contributed by atoms with van der Waals surface area (Å²) in [5.74, 6) is 2.02. The van der Waals surface area contributed by atoms with E-state index >= 15 is 0 Å². The molecule has 4 aromatic rings. The highest BCUT2D eigenvalue weighted by Crippen LogP contribution is 2.43. The van der Waals surface area contributed by atoms with Gasteiger partial charge >= 0.3 is 0 Å². The summed E-state index contributed by atoms with van der Waals surface area (Å²) < 4.78 is 32.8. The molecule has 2 aliphatic heterocycles. The molecule has 3 aromatic carbocycles. The second-order valence-electron chi connectivity index (χ2n) is 9.59. The maximum Gasteiger partial charge on any atom is 0.231 e. The number of methoxy groups -OCH3 is 1. The van der Waals surface area contributed by atoms with Crippen molar-refractivity contribution in [3.05, 3.63) is 94.1 Å². The highest BCUT2D eigenvalue weighted by Gasteiger charge is 2.33. The zero-order valence-electron chi connectivity index (χ0n) is 21.0. The van der Waals surface area contributed by atoms with Crippen LogP contribution in [-0.2, 0) is 20.0 Å². The average Bonchev–Trinajstić information content (AvgIpc) is 3.39. The minimum atomic E-state index is -0.233. The second-order valence-corrected chi connectivity index (χ2v) is 9.59. The third-order valence-electron chi connectivity index (χ3n) is 7.15. The average molecular weight is 499 g/mol. The molecule has 0 fully saturated rings. The molecule has 0 atom stereocenters. The van der Waals surface area contributed by atoms with Gasteiger partial charge in [-0.05, 0) is 61.4 Å². The summed E-state index contributed by atoms with van der Waals surface area (Å²) in [7, 11) is 3.61. The molecule has 0 saturated heterocycles. The Hall–Kier alpha value is -4.10. The molecule has 0 unspecified atom stereocenters. The van der Waals surface area contributed by atoms with E-state index in [0.717, 1.165) is 57.6 Å². The van der Waals surface area contributed by atoms with Crippen LogP contribution in [0.1, 0.15) is 32.6 Å². The smallest absolute Gasteiger partial charge is 0.231 e. The molecule has 0 amide bonds. The SMILES string of the molecule is COc1ccc2c(c1)c(/C=C1\Oc3c(cc4c(c3C)OCN(CCc3ccc(F)cc3)C4)C1=O)cn2C. The predicted molar refractivity (Wildman–Crippen MR) is 140 cm³/mol. The van der Waals surface area contributed by atoms with Gasteiger partial charge in [0.2, 0.25) is 5.78 Å². The highest BCUT2D eigenvalue weighted by atomic mass is 19.1. The molecule has 6 nitrogen and oxygen atoms in total. The predicted octanol–water partition coefficient (Wildman–Crippen LogP) is 5.65. The lowest BCUT2D eigenvalue weighted by Crippen LogP contribution is -2.34. The quantitative estimate of drug-likeness (QED) is 0.333. The standard InChI is InChI=1S/C30H27FN2O4/c1-18-29-21(16-33(17-36-29)11-10-19-4-6-22(31)7-5-19)12-25-28(34)27(37-30(18)25)13-20-15-32(2)26-9-8-23(35-3)14-24(20)26/h4-9,12-15H,10-11,16-17H2,1-3H3/b27-13-. The van der Waals surface area contributed by atoms with E-state index < -0.39 is 0 Å². The van der Waals surface area contributed by atoms with E-state index in [-0.39, 0.29) is 11.6 Å². The number of hydrogen-bond acceptors (Lipinski definition) is 5. The van der Waals surface area contributed by atoms with Crippen LogP contribution >= 0.6 is 0 Å². The van der Waals surface area contributed by atoms with E-state index in [1.54, 1.807) is 25.3 Å². The fourth-order valence-electron chi connectivity index (χ4n) is 5.16. The summed E-state index contributed by atoms with van der Waals surface area (Å²) >= 11 is 0. The van der Waals surface area contributed by atoms with Gasteiger partial charge in [0.1, 0.15) is 29.8 Å². The fraction of sp³-hybridized carbons (Fsp3) is 0.233. The number of fused-ring (bicyclic) bond motifs is 3. The van der Waals surface area contributed by atoms with Crippen LogP contribution in [0, 0.1) is 12.7 Å². The molecular formula is C30H27FN2O4. The van der Waals surface area contributed by atoms with Gasteiger partial charge in [0.25, 0.3) is 0 Å². The van der Waals surface area contributed by atoms with Gasteiger partial charge in [-0.1, -0.05) is 12.1 Å². The Balaban J connectivity index is 1.26. The van der Waals surface area contributed by atoms with Gasteiger partial charge < -0.3 is 18.8 Å². The fourth-order valence-corrected chi connectivity index (χ4v) is 5.16. The van der Waals surface area contributed by atoms with Gasteiger partial charge in [-0.15, -0.1) is 0 Å². The lowest BCUT2D eigenvalue weighted by Gasteiger charge is -2.30. The summed E-state index contributed by atoms with van der Waals surface area (Å²) in [6.07, 6.45) is 4.57. The minimum absolute atomic E-state index is 0.135. The first-order chi connectivity index (χ1) is 17.9. The second kappa shape index (κ2) is 9.09. The lowest BCUT2D eigenvalue weighted by molar-refractivity contribution is 0.0954. The first-order valence-corrected chi connectivity index (χ1v) is 12.2. The summed E-state index contributed by atoms with van der Waals surface area (Å²) in [5, 5.41) is 0.984. The van der Waals surface area contributed by atoms with Crippen molar-refractivity contribution in [3.8, 4) is 17.2 Å². The van der Waals surface area contributed by atoms with Crippen molar-refractivity contribution in [2.24, 2.45) is 7.05 Å². The number of aromatic nitrogens is 1. The number of Topliss-reactive ketones (excluding diaryl/α,β-unsaturated/α-hetero) is 1. The van der Waals surface area contributed by atoms with Crippen molar-refractivity contribution in [1.82, 2.24) is 9.47 Å². The van der Waals surface area contributed by atoms with Crippen LogP contribution in [-0.4, -0.2) is 35.6 Å². The number of aryl methyl sites for hydroxylation is 1. The zero-order valence-corrected chi connectivity index (χ0v) is 21.0. The highest BCUT2D eigenvalue weighted by molar-refractivity contribution is 6.15. The van der Waals surface area contributed by atoms with Crippen molar-refractivity contribution < 1.29 is 23.4 Å². The maximum atomic E-state index is 13.4. The van der Waals surface area contributed by atoms with Crippen LogP contribution in [0.3, 0.4) is 0 Å². The minimum Gasteiger partial charge on any atom is -0.497 e. The van der Waals surface area contributed by atoms with Gasteiger partial charge in [0, 0.05) is 53.9 Å². The van der Waals surface area contributed by atoms with E-state index in [1.807, 2.05) is 49.0 Å². The number of hydrogen-bond donors (Lipinski definition) is 0. The van der Waals surface area contributed by atoms with E-state index in [1.165, 1.54) is 12.1 Å². The van der Waals surface area contributed by atoms with Gasteiger partial charge in [-0.2, -0.15) is 0 Å². The number of nitrogens with zero attached hydrogens (tertiary/aromatic N) is 2. The Labute approximate surface area is 214 Å². The Morgan fingerprint density at radius 3 is 2.70 bits per heavy atom. The summed E-state index contributed by atoms with van der Waals surface area (Å²) in [6.45, 7) is 3.81. The number of carbonyl (C=O) groups excluding carboxylic acids is 1. The Morgan fingerprint density at radius 2 is 1.92 bits per heavy atom. The van der Waals surface area contributed by atoms with Gasteiger partial charge in [-0.25, -0.2) is 4.39 Å². The first-order valence-electron chi connectivity index (χ1n) is 12.2. The molecule has 0 N–H and O–H groups in total. The van der Waals surface area contributed by atoms with Crippen molar-refractivity contribution in [2.75, 3.05) is 20.4 Å². The topological polar surface area (TPSA) is 52.9 Å². The number of ether oxygens (including phenoxy) is 3. The number of carbonyl (C=O) groups is 1. The van der Waals surface area contributed by atoms with Crippen LogP contribution in [0.5, 0.6) is 17.2 Å². The van der Waals surface area contributed by atoms with Crippen molar-refractivity contribution in [3.63, 3.8) is 0 Å². The molecular weight excluding hydrogens is 471 g/mol. The summed E-state index contributed by atoms with van der Waals surface area (Å²) in [6, 6.07) is 14.4. The van der Waals surface area contributed by atoms with Gasteiger partial charge in [0.05, 0.1) is 12.7 Å². The monoisotopic (exact) mass is 498 g/mol. The molecule has 1 aromatic heterocycles. The van der Waals surface area contributed by atoms with Crippen LogP contribution < -0.4 is 14.2 Å². The number of ketones is 1. The maximum absolute atomic E-state index is 13.4. The normalized spacial score (nSPS) is 16.0. The zero-order chi connectivity index (χ0) is 25.7. The van der Waals surface area contributed by atoms with E-state index in [4.69, 9.17) is 14.2 Å². The molecule has 7 heteroatoms. The largest absolute Gasteiger partial charge is 0.497 e. The molecule has 0 aliphatic carbocycles. The van der Waals surface area contributed by atoms with E-state index in [2.05, 4.69) is 4.90 Å². The van der Waals surface area contributed by atoms with Crippen LogP contribution in [0.2, 0.25) is 0 Å². The van der Waals surface area contributed by atoms with Gasteiger partial charge in [0.15, 0.2) is 5.76 Å². The van der Waals surface area contributed by atoms with Crippen molar-refractivity contribution in [2.45, 2.75) is 19.9 Å². The molecule has 0 saturated carbocycles. The number of allylic oxidation sites excluding steroid dienone is 1. The Kier molecular flexibility index (Phi) is 5.72. The first kappa shape index (κ1) is 23.3. The molecule has 0 bridgehead atoms. The number of rotatable bonds is 5. The molecule has 37 heavy (non-hydrogen) atoms. The Bertz CT molecular complexity index is 1570.